The van der Waals surface area contributed by atoms with Crippen molar-refractivity contribution in [1.82, 2.24) is 0 Å². The van der Waals surface area contributed by atoms with Gasteiger partial charge in [-0.25, -0.2) is 0 Å². The van der Waals surface area contributed by atoms with E-state index in [1.807, 2.05) is 0 Å². The van der Waals surface area contributed by atoms with Gasteiger partial charge >= 0.3 is 17.9 Å². The van der Waals surface area contributed by atoms with Crippen LogP contribution in [0.15, 0.2) is 12.2 Å². The molecule has 5 unspecified atom stereocenters. The lowest BCUT2D eigenvalue weighted by molar-refractivity contribution is -0.376. The van der Waals surface area contributed by atoms with Gasteiger partial charge in [-0.1, -0.05) is 57.6 Å². The van der Waals surface area contributed by atoms with E-state index in [1.54, 1.807) is 0 Å². The summed E-state index contributed by atoms with van der Waals surface area (Å²) in [5.74, 6) is -2.66. The third-order valence-corrected chi connectivity index (χ3v) is 8.11. The molecule has 0 aliphatic carbocycles. The Balaban J connectivity index is 1.75. The van der Waals surface area contributed by atoms with Gasteiger partial charge in [0.1, 0.15) is 62.0 Å². The Morgan fingerprint density at radius 2 is 1.02 bits per heavy atom. The minimum atomic E-state index is -1.88. The summed E-state index contributed by atoms with van der Waals surface area (Å²) in [4.78, 5) is 34.7. The fourth-order valence-electron chi connectivity index (χ4n) is 5.16. The second-order valence-corrected chi connectivity index (χ2v) is 12.1. The van der Waals surface area contributed by atoms with E-state index in [0.717, 1.165) is 38.5 Å². The van der Waals surface area contributed by atoms with Crippen LogP contribution in [0.5, 0.6) is 0 Å². The van der Waals surface area contributed by atoms with Gasteiger partial charge in [-0.3, -0.25) is 14.4 Å². The van der Waals surface area contributed by atoms with Gasteiger partial charge in [-0.15, -0.1) is 0 Å². The highest BCUT2D eigenvalue weighted by atomic mass is 16.8. The lowest BCUT2D eigenvalue weighted by Gasteiger charge is -2.44. The summed E-state index contributed by atoms with van der Waals surface area (Å²) in [6.07, 6.45) is -1.54. The summed E-state index contributed by atoms with van der Waals surface area (Å²) in [6, 6.07) is 0. The molecule has 0 aromatic carbocycles. The first-order valence-electron chi connectivity index (χ1n) is 16.7. The summed E-state index contributed by atoms with van der Waals surface area (Å²) in [6.45, 7) is 1.10. The normalized spacial score (nSPS) is 31.1. The molecule has 0 radical (unpaired) electrons. The van der Waals surface area contributed by atoms with Crippen molar-refractivity contribution in [2.24, 2.45) is 0 Å². The van der Waals surface area contributed by atoms with Gasteiger partial charge in [-0.2, -0.15) is 0 Å². The summed E-state index contributed by atoms with van der Waals surface area (Å²) in [7, 11) is 0. The molecule has 0 bridgehead atoms. The molecule has 272 valence electrons. The average molecular weight is 679 g/mol. The first-order chi connectivity index (χ1) is 22.5. The molecule has 2 aliphatic rings. The van der Waals surface area contributed by atoms with E-state index in [0.29, 0.717) is 6.42 Å². The smallest absolute Gasteiger partial charge is 0.306 e. The quantitative estimate of drug-likeness (QED) is 0.0477. The molecule has 47 heavy (non-hydrogen) atoms. The molecule has 2 saturated heterocycles. The number of carbonyl (C=O) groups is 3. The lowest BCUT2D eigenvalue weighted by atomic mass is 9.98. The number of aliphatic hydroxyl groups excluding tert-OH is 6. The molecule has 2 aliphatic heterocycles. The van der Waals surface area contributed by atoms with Crippen LogP contribution < -0.4 is 0 Å². The molecule has 0 amide bonds. The first-order valence-corrected chi connectivity index (χ1v) is 16.7. The van der Waals surface area contributed by atoms with Gasteiger partial charge in [0.25, 0.3) is 0 Å². The zero-order valence-electron chi connectivity index (χ0n) is 27.1. The maximum atomic E-state index is 12.3. The third-order valence-electron chi connectivity index (χ3n) is 8.11. The number of rotatable bonds is 22. The molecular weight excluding hydrogens is 624 g/mol. The number of aliphatic hydroxyl groups is 6. The number of carboxylic acids is 1. The van der Waals surface area contributed by atoms with Crippen LogP contribution in [0.25, 0.3) is 0 Å². The number of carbonyl (C=O) groups excluding carboxylic acids is 2. The van der Waals surface area contributed by atoms with Crippen LogP contribution in [-0.4, -0.2) is 128 Å². The van der Waals surface area contributed by atoms with Crippen molar-refractivity contribution in [3.05, 3.63) is 12.2 Å². The number of unbranched alkanes of at least 4 members (excludes halogenated alkanes) is 9. The van der Waals surface area contributed by atoms with Crippen molar-refractivity contribution < 1.29 is 73.8 Å². The van der Waals surface area contributed by atoms with Crippen molar-refractivity contribution in [3.8, 4) is 0 Å². The second kappa shape index (κ2) is 22.4. The number of hydrogen-bond donors (Lipinski definition) is 7. The summed E-state index contributed by atoms with van der Waals surface area (Å²) < 4.78 is 26.5. The minimum absolute atomic E-state index is 0.149. The number of carboxylic acid groups (broad SMARTS) is 1. The van der Waals surface area contributed by atoms with E-state index in [9.17, 15) is 45.0 Å². The number of esters is 2. The van der Waals surface area contributed by atoms with Crippen LogP contribution in [0.2, 0.25) is 0 Å². The fraction of sp³-hybridized carbons (Fsp3) is 0.844. The maximum Gasteiger partial charge on any atom is 0.306 e. The van der Waals surface area contributed by atoms with E-state index >= 15 is 0 Å². The van der Waals surface area contributed by atoms with Crippen molar-refractivity contribution >= 4 is 17.9 Å². The molecule has 0 aromatic heterocycles. The predicted molar refractivity (Wildman–Crippen MR) is 163 cm³/mol. The summed E-state index contributed by atoms with van der Waals surface area (Å²) >= 11 is 0. The molecule has 2 rings (SSSR count). The number of ether oxygens (including phenoxy) is 5. The van der Waals surface area contributed by atoms with Crippen LogP contribution in [0, 0.1) is 0 Å². The SMILES string of the molecule is CCCCCC/C=C\CCCCCCCC(=O)OCC1O[C@@H](O[C@@H]2OC(COC(=O)CCC(=O)O)[C@H](O)C(O)C2O)C(O)[C@@H](O)[C@@H]1O. The topological polar surface area (TPSA) is 239 Å². The molecule has 15 nitrogen and oxygen atoms in total. The van der Waals surface area contributed by atoms with Crippen molar-refractivity contribution in [3.63, 3.8) is 0 Å². The highest BCUT2D eigenvalue weighted by molar-refractivity contribution is 5.76. The van der Waals surface area contributed by atoms with Crippen molar-refractivity contribution in [2.75, 3.05) is 13.2 Å². The lowest BCUT2D eigenvalue weighted by Crippen LogP contribution is -2.64. The highest BCUT2D eigenvalue weighted by Crippen LogP contribution is 2.28. The molecule has 7 N–H and O–H groups in total. The zero-order valence-corrected chi connectivity index (χ0v) is 27.1. The molecule has 2 heterocycles. The average Bonchev–Trinajstić information content (AvgIpc) is 3.05. The molecule has 2 fully saturated rings. The van der Waals surface area contributed by atoms with Gasteiger partial charge in [0, 0.05) is 6.42 Å². The maximum absolute atomic E-state index is 12.3. The Morgan fingerprint density at radius 3 is 1.51 bits per heavy atom. The van der Waals surface area contributed by atoms with Gasteiger partial charge in [0.2, 0.25) is 0 Å². The van der Waals surface area contributed by atoms with E-state index in [4.69, 9.17) is 28.8 Å². The molecule has 0 aromatic rings. The Kier molecular flexibility index (Phi) is 19.5. The van der Waals surface area contributed by atoms with E-state index in [1.165, 1.54) is 25.7 Å². The Bertz CT molecular complexity index is 945. The van der Waals surface area contributed by atoms with Gasteiger partial charge in [0.05, 0.1) is 12.8 Å². The number of allylic oxidation sites excluding steroid dienone is 2. The molecular formula is C32H54O15. The van der Waals surface area contributed by atoms with Crippen molar-refractivity contribution in [2.45, 2.75) is 158 Å². The number of aliphatic carboxylic acids is 1. The van der Waals surface area contributed by atoms with Crippen LogP contribution in [0.3, 0.4) is 0 Å². The monoisotopic (exact) mass is 678 g/mol. The Hall–Kier alpha value is -2.21. The minimum Gasteiger partial charge on any atom is -0.481 e. The standard InChI is InChI=1S/C32H54O15/c1-2-3-4-5-6-7-8-9-10-11-12-13-14-15-23(35)43-18-20-25(37)27(39)29(41)31(45-20)47-32-30(42)28(40)26(38)21(46-32)19-44-24(36)17-16-22(33)34/h7-8,20-21,25-32,37-42H,2-6,9-19H2,1H3,(H,33,34)/b8-7-/t20?,21?,25-,26+,27+,28?,29?,30?,31+,32+/m1/s1. The van der Waals surface area contributed by atoms with Gasteiger partial charge in [0.15, 0.2) is 12.6 Å². The largest absolute Gasteiger partial charge is 0.481 e. The van der Waals surface area contributed by atoms with E-state index in [-0.39, 0.29) is 6.42 Å². The molecule has 0 spiro atoms. The van der Waals surface area contributed by atoms with Crippen LogP contribution in [-0.2, 0) is 38.1 Å². The molecule has 15 heteroatoms. The summed E-state index contributed by atoms with van der Waals surface area (Å²) in [5.41, 5.74) is 0. The zero-order chi connectivity index (χ0) is 34.8. The molecule has 10 atom stereocenters. The van der Waals surface area contributed by atoms with Gasteiger partial charge < -0.3 is 59.4 Å². The fourth-order valence-corrected chi connectivity index (χ4v) is 5.16. The molecule has 0 saturated carbocycles. The summed E-state index contributed by atoms with van der Waals surface area (Å²) in [5, 5.41) is 70.8. The highest BCUT2D eigenvalue weighted by Gasteiger charge is 2.50. The van der Waals surface area contributed by atoms with Crippen LogP contribution >= 0.6 is 0 Å². The van der Waals surface area contributed by atoms with Crippen LogP contribution in [0.1, 0.15) is 96.8 Å². The van der Waals surface area contributed by atoms with Crippen LogP contribution in [0.4, 0.5) is 0 Å². The second-order valence-electron chi connectivity index (χ2n) is 12.1. The Labute approximate surface area is 275 Å². The third kappa shape index (κ3) is 14.8. The van der Waals surface area contributed by atoms with E-state index < -0.39 is 105 Å². The predicted octanol–water partition coefficient (Wildman–Crippen LogP) is 0.827. The Morgan fingerprint density at radius 1 is 0.574 bits per heavy atom. The first kappa shape index (κ1) is 41.0. The van der Waals surface area contributed by atoms with Gasteiger partial charge in [-0.05, 0) is 32.1 Å². The number of hydrogen-bond acceptors (Lipinski definition) is 14. The van der Waals surface area contributed by atoms with Crippen molar-refractivity contribution in [1.29, 1.82) is 0 Å². The van der Waals surface area contributed by atoms with E-state index in [2.05, 4.69) is 19.1 Å².